The Labute approximate surface area is 110 Å². The molecule has 1 saturated carbocycles. The molecule has 1 aliphatic carbocycles. The lowest BCUT2D eigenvalue weighted by molar-refractivity contribution is -0.00306. The van der Waals surface area contributed by atoms with Crippen LogP contribution in [0.1, 0.15) is 33.6 Å². The number of rotatable bonds is 4. The van der Waals surface area contributed by atoms with Gasteiger partial charge in [-0.05, 0) is 33.6 Å². The molecule has 0 aromatic carbocycles. The summed E-state index contributed by atoms with van der Waals surface area (Å²) in [4.78, 5) is 0. The lowest BCUT2D eigenvalue weighted by Crippen LogP contribution is -2.51. The van der Waals surface area contributed by atoms with Gasteiger partial charge in [-0.2, -0.15) is 4.31 Å². The lowest BCUT2D eigenvalue weighted by Gasteiger charge is -2.34. The van der Waals surface area contributed by atoms with Crippen LogP contribution in [-0.2, 0) is 14.8 Å². The van der Waals surface area contributed by atoms with Gasteiger partial charge < -0.3 is 10.1 Å². The van der Waals surface area contributed by atoms with Gasteiger partial charge in [-0.15, -0.1) is 0 Å². The molecule has 1 heterocycles. The molecule has 2 rings (SSSR count). The van der Waals surface area contributed by atoms with Crippen LogP contribution in [0.15, 0.2) is 0 Å². The molecule has 2 aliphatic rings. The number of sulfonamides is 1. The van der Waals surface area contributed by atoms with E-state index in [0.29, 0.717) is 26.2 Å². The molecule has 0 bridgehead atoms. The van der Waals surface area contributed by atoms with E-state index in [0.717, 1.165) is 12.8 Å². The molecule has 0 amide bonds. The fraction of sp³-hybridized carbons (Fsp3) is 1.00. The molecule has 1 saturated heterocycles. The largest absolute Gasteiger partial charge is 0.374 e. The Kier molecular flexibility index (Phi) is 4.02. The molecule has 1 atom stereocenters. The van der Waals surface area contributed by atoms with Crippen molar-refractivity contribution in [2.24, 2.45) is 0 Å². The zero-order chi connectivity index (χ0) is 13.4. The van der Waals surface area contributed by atoms with Crippen LogP contribution in [0.5, 0.6) is 0 Å². The molecular weight excluding hydrogens is 252 g/mol. The van der Waals surface area contributed by atoms with Gasteiger partial charge in [0.25, 0.3) is 0 Å². The number of nitrogens with zero attached hydrogens (tertiary/aromatic N) is 1. The van der Waals surface area contributed by atoms with Crippen LogP contribution in [-0.4, -0.2) is 55.9 Å². The minimum absolute atomic E-state index is 0.0288. The van der Waals surface area contributed by atoms with Crippen molar-refractivity contribution in [3.05, 3.63) is 0 Å². The molecule has 0 unspecified atom stereocenters. The maximum Gasteiger partial charge on any atom is 0.217 e. The van der Waals surface area contributed by atoms with Crippen molar-refractivity contribution < 1.29 is 13.2 Å². The van der Waals surface area contributed by atoms with E-state index in [2.05, 4.69) is 26.1 Å². The molecule has 1 aliphatic heterocycles. The molecule has 0 spiro atoms. The second-order valence-electron chi connectivity index (χ2n) is 6.23. The monoisotopic (exact) mass is 276 g/mol. The maximum absolute atomic E-state index is 12.1. The SMILES string of the molecule is CC(C)(C)NC[C@H]1CN(S(=O)(=O)C2CC2)CCO1. The van der Waals surface area contributed by atoms with Gasteiger partial charge in [0.05, 0.1) is 18.0 Å². The first-order valence-electron chi connectivity index (χ1n) is 6.64. The van der Waals surface area contributed by atoms with Crippen LogP contribution >= 0.6 is 0 Å². The molecule has 1 N–H and O–H groups in total. The first-order valence-corrected chi connectivity index (χ1v) is 8.15. The molecule has 0 radical (unpaired) electrons. The van der Waals surface area contributed by atoms with E-state index in [1.807, 2.05) is 0 Å². The molecule has 5 nitrogen and oxygen atoms in total. The first kappa shape index (κ1) is 14.2. The summed E-state index contributed by atoms with van der Waals surface area (Å²) in [6, 6.07) is 0. The summed E-state index contributed by atoms with van der Waals surface area (Å²) >= 11 is 0. The molecule has 2 fully saturated rings. The van der Waals surface area contributed by atoms with E-state index in [4.69, 9.17) is 4.74 Å². The third kappa shape index (κ3) is 3.66. The number of morpholine rings is 1. The first-order chi connectivity index (χ1) is 8.29. The Morgan fingerprint density at radius 2 is 2.00 bits per heavy atom. The zero-order valence-electron chi connectivity index (χ0n) is 11.5. The van der Waals surface area contributed by atoms with Crippen LogP contribution in [0.25, 0.3) is 0 Å². The highest BCUT2D eigenvalue weighted by atomic mass is 32.2. The summed E-state index contributed by atoms with van der Waals surface area (Å²) in [5.41, 5.74) is 0.0288. The van der Waals surface area contributed by atoms with E-state index in [-0.39, 0.29) is 16.9 Å². The standard InChI is InChI=1S/C12H24N2O3S/c1-12(2,3)13-8-10-9-14(6-7-17-10)18(15,16)11-4-5-11/h10-11,13H,4-9H2,1-3H3/t10-/m0/s1. The third-order valence-corrected chi connectivity index (χ3v) is 5.63. The average Bonchev–Trinajstić information content (AvgIpc) is 3.10. The van der Waals surface area contributed by atoms with E-state index in [1.165, 1.54) is 0 Å². The summed E-state index contributed by atoms with van der Waals surface area (Å²) in [6.07, 6.45) is 1.61. The quantitative estimate of drug-likeness (QED) is 0.815. The Hall–Kier alpha value is -0.170. The van der Waals surface area contributed by atoms with Crippen molar-refractivity contribution in [2.75, 3.05) is 26.2 Å². The molecule has 6 heteroatoms. The number of nitrogens with one attached hydrogen (secondary N) is 1. The molecule has 0 aromatic rings. The van der Waals surface area contributed by atoms with E-state index in [9.17, 15) is 8.42 Å². The molecule has 18 heavy (non-hydrogen) atoms. The van der Waals surface area contributed by atoms with Gasteiger partial charge in [0.1, 0.15) is 0 Å². The van der Waals surface area contributed by atoms with Crippen LogP contribution < -0.4 is 5.32 Å². The smallest absolute Gasteiger partial charge is 0.217 e. The Balaban J connectivity index is 1.88. The van der Waals surface area contributed by atoms with Crippen molar-refractivity contribution in [3.8, 4) is 0 Å². The highest BCUT2D eigenvalue weighted by Crippen LogP contribution is 2.31. The second-order valence-corrected chi connectivity index (χ2v) is 8.44. The van der Waals surface area contributed by atoms with Gasteiger partial charge in [-0.3, -0.25) is 0 Å². The highest BCUT2D eigenvalue weighted by molar-refractivity contribution is 7.90. The predicted molar refractivity (Wildman–Crippen MR) is 71.0 cm³/mol. The molecular formula is C12H24N2O3S. The van der Waals surface area contributed by atoms with Crippen LogP contribution in [0, 0.1) is 0 Å². The second kappa shape index (κ2) is 5.07. The van der Waals surface area contributed by atoms with E-state index in [1.54, 1.807) is 4.31 Å². The Bertz CT molecular complexity index is 385. The topological polar surface area (TPSA) is 58.6 Å². The zero-order valence-corrected chi connectivity index (χ0v) is 12.3. The molecule has 0 aromatic heterocycles. The minimum Gasteiger partial charge on any atom is -0.374 e. The maximum atomic E-state index is 12.1. The van der Waals surface area contributed by atoms with Crippen LogP contribution in [0.3, 0.4) is 0 Å². The summed E-state index contributed by atoms with van der Waals surface area (Å²) < 4.78 is 31.5. The summed E-state index contributed by atoms with van der Waals surface area (Å²) in [7, 11) is -3.05. The van der Waals surface area contributed by atoms with Crippen molar-refractivity contribution in [2.45, 2.75) is 50.5 Å². The third-order valence-electron chi connectivity index (χ3n) is 3.27. The highest BCUT2D eigenvalue weighted by Gasteiger charge is 2.41. The van der Waals surface area contributed by atoms with Crippen LogP contribution in [0.2, 0.25) is 0 Å². The van der Waals surface area contributed by atoms with Gasteiger partial charge in [-0.1, -0.05) is 0 Å². The van der Waals surface area contributed by atoms with Crippen LogP contribution in [0.4, 0.5) is 0 Å². The van der Waals surface area contributed by atoms with Gasteiger partial charge in [0, 0.05) is 25.2 Å². The van der Waals surface area contributed by atoms with Gasteiger partial charge >= 0.3 is 0 Å². The van der Waals surface area contributed by atoms with Gasteiger partial charge in [-0.25, -0.2) is 8.42 Å². The summed E-state index contributed by atoms with van der Waals surface area (Å²) in [6.45, 7) is 8.47. The fourth-order valence-electron chi connectivity index (χ4n) is 2.04. The van der Waals surface area contributed by atoms with Crippen molar-refractivity contribution in [3.63, 3.8) is 0 Å². The fourth-order valence-corrected chi connectivity index (χ4v) is 3.90. The average molecular weight is 276 g/mol. The van der Waals surface area contributed by atoms with Crippen molar-refractivity contribution >= 4 is 10.0 Å². The van der Waals surface area contributed by atoms with Gasteiger partial charge in [0.15, 0.2) is 0 Å². The van der Waals surface area contributed by atoms with Crippen molar-refractivity contribution in [1.82, 2.24) is 9.62 Å². The normalized spacial score (nSPS) is 27.4. The van der Waals surface area contributed by atoms with E-state index >= 15 is 0 Å². The van der Waals surface area contributed by atoms with Crippen molar-refractivity contribution in [1.29, 1.82) is 0 Å². The lowest BCUT2D eigenvalue weighted by atomic mass is 10.1. The van der Waals surface area contributed by atoms with E-state index < -0.39 is 10.0 Å². The summed E-state index contributed by atoms with van der Waals surface area (Å²) in [5.74, 6) is 0. The number of hydrogen-bond donors (Lipinski definition) is 1. The molecule has 106 valence electrons. The minimum atomic E-state index is -3.05. The Morgan fingerprint density at radius 1 is 1.33 bits per heavy atom. The predicted octanol–water partition coefficient (Wildman–Crippen LogP) is 0.568. The Morgan fingerprint density at radius 3 is 2.56 bits per heavy atom. The number of hydrogen-bond acceptors (Lipinski definition) is 4. The van der Waals surface area contributed by atoms with Gasteiger partial charge in [0.2, 0.25) is 10.0 Å². The summed E-state index contributed by atoms with van der Waals surface area (Å²) in [5, 5.41) is 3.24. The number of ether oxygens (including phenoxy) is 1.